The van der Waals surface area contributed by atoms with Crippen molar-refractivity contribution in [1.29, 1.82) is 0 Å². The first-order chi connectivity index (χ1) is 12.6. The molecule has 8 nitrogen and oxygen atoms in total. The van der Waals surface area contributed by atoms with Gasteiger partial charge in [0.2, 0.25) is 5.91 Å². The average Bonchev–Trinajstić information content (AvgIpc) is 3.19. The number of rotatable bonds is 5. The summed E-state index contributed by atoms with van der Waals surface area (Å²) in [5.74, 6) is 1.75. The zero-order valence-corrected chi connectivity index (χ0v) is 14.8. The molecule has 0 spiro atoms. The lowest BCUT2D eigenvalue weighted by Gasteiger charge is -2.35. The minimum Gasteiger partial charge on any atom is -0.391 e. The molecule has 2 aliphatic rings. The van der Waals surface area contributed by atoms with Crippen LogP contribution in [0.15, 0.2) is 23.0 Å². The van der Waals surface area contributed by atoms with Gasteiger partial charge in [-0.25, -0.2) is 9.97 Å². The normalized spacial score (nSPS) is 25.2. The highest BCUT2D eigenvalue weighted by molar-refractivity contribution is 5.78. The summed E-state index contributed by atoms with van der Waals surface area (Å²) in [4.78, 5) is 22.9. The zero-order chi connectivity index (χ0) is 18.1. The minimum absolute atomic E-state index is 0.0426. The summed E-state index contributed by atoms with van der Waals surface area (Å²) in [5.41, 5.74) is 1.79. The van der Waals surface area contributed by atoms with E-state index >= 15 is 0 Å². The standard InChI is InChI=1S/C18H23N5O3/c1-11-4-15(26-22-11)7-18(25)21-13-5-12(6-13)16-8-17(20-10-19-16)23-3-2-14(24)9-23/h4,8,10,12-14,24H,2-3,5-7,9H2,1H3,(H,21,25)/t12?,13?,14-/m0/s1. The van der Waals surface area contributed by atoms with E-state index in [-0.39, 0.29) is 24.5 Å². The maximum atomic E-state index is 12.1. The van der Waals surface area contributed by atoms with Gasteiger partial charge in [-0.1, -0.05) is 5.16 Å². The van der Waals surface area contributed by atoms with Crippen LogP contribution in [-0.2, 0) is 11.2 Å². The molecule has 1 saturated heterocycles. The van der Waals surface area contributed by atoms with E-state index in [4.69, 9.17) is 4.52 Å². The Morgan fingerprint density at radius 1 is 1.38 bits per heavy atom. The van der Waals surface area contributed by atoms with Crippen LogP contribution in [0.3, 0.4) is 0 Å². The van der Waals surface area contributed by atoms with Gasteiger partial charge < -0.3 is 19.8 Å². The number of nitrogens with one attached hydrogen (secondary N) is 1. The van der Waals surface area contributed by atoms with Crippen molar-refractivity contribution < 1.29 is 14.4 Å². The fraction of sp³-hybridized carbons (Fsp3) is 0.556. The molecule has 0 unspecified atom stereocenters. The number of hydrogen-bond acceptors (Lipinski definition) is 7. The Bertz CT molecular complexity index is 787. The van der Waals surface area contributed by atoms with E-state index in [0.717, 1.165) is 43.0 Å². The maximum absolute atomic E-state index is 12.1. The molecule has 138 valence electrons. The van der Waals surface area contributed by atoms with Gasteiger partial charge >= 0.3 is 0 Å². The van der Waals surface area contributed by atoms with Gasteiger partial charge in [0, 0.05) is 42.9 Å². The van der Waals surface area contributed by atoms with E-state index in [9.17, 15) is 9.90 Å². The maximum Gasteiger partial charge on any atom is 0.227 e. The number of aliphatic hydroxyl groups is 1. The van der Waals surface area contributed by atoms with Crippen molar-refractivity contribution >= 4 is 11.7 Å². The van der Waals surface area contributed by atoms with Crippen molar-refractivity contribution in [2.45, 2.75) is 50.7 Å². The number of amides is 1. The molecule has 8 heteroatoms. The van der Waals surface area contributed by atoms with E-state index < -0.39 is 0 Å². The van der Waals surface area contributed by atoms with Crippen LogP contribution < -0.4 is 10.2 Å². The Kier molecular flexibility index (Phi) is 4.58. The number of aliphatic hydroxyl groups excluding tert-OH is 1. The van der Waals surface area contributed by atoms with Gasteiger partial charge in [-0.2, -0.15) is 0 Å². The van der Waals surface area contributed by atoms with Gasteiger partial charge in [0.25, 0.3) is 0 Å². The number of aryl methyl sites for hydroxylation is 1. The van der Waals surface area contributed by atoms with Gasteiger partial charge in [0.1, 0.15) is 17.9 Å². The third-order valence-corrected chi connectivity index (χ3v) is 5.09. The van der Waals surface area contributed by atoms with Crippen molar-refractivity contribution in [2.75, 3.05) is 18.0 Å². The average molecular weight is 357 g/mol. The number of carbonyl (C=O) groups is 1. The number of β-amino-alcohol motifs (C(OH)–C–C–N with tert-alkyl or cyclic N) is 1. The second-order valence-electron chi connectivity index (χ2n) is 7.23. The van der Waals surface area contributed by atoms with Crippen LogP contribution in [0.2, 0.25) is 0 Å². The Labute approximate surface area is 151 Å². The van der Waals surface area contributed by atoms with Crippen LogP contribution in [0.1, 0.15) is 42.3 Å². The van der Waals surface area contributed by atoms with E-state index in [0.29, 0.717) is 18.2 Å². The summed E-state index contributed by atoms with van der Waals surface area (Å²) in [7, 11) is 0. The van der Waals surface area contributed by atoms with Gasteiger partial charge in [-0.15, -0.1) is 0 Å². The highest BCUT2D eigenvalue weighted by Gasteiger charge is 2.33. The van der Waals surface area contributed by atoms with Crippen molar-refractivity contribution in [3.05, 3.63) is 35.6 Å². The molecule has 2 aromatic heterocycles. The van der Waals surface area contributed by atoms with Crippen LogP contribution >= 0.6 is 0 Å². The lowest BCUT2D eigenvalue weighted by atomic mass is 9.78. The molecule has 0 radical (unpaired) electrons. The van der Waals surface area contributed by atoms with Crippen molar-refractivity contribution in [1.82, 2.24) is 20.4 Å². The molecule has 4 rings (SSSR count). The monoisotopic (exact) mass is 357 g/mol. The molecule has 2 fully saturated rings. The fourth-order valence-corrected chi connectivity index (χ4v) is 3.62. The van der Waals surface area contributed by atoms with E-state index in [2.05, 4.69) is 25.3 Å². The van der Waals surface area contributed by atoms with Crippen LogP contribution in [0, 0.1) is 6.92 Å². The molecule has 1 amide bonds. The van der Waals surface area contributed by atoms with E-state index in [1.54, 1.807) is 12.4 Å². The molecule has 1 aliphatic heterocycles. The van der Waals surface area contributed by atoms with Gasteiger partial charge in [-0.05, 0) is 26.2 Å². The third-order valence-electron chi connectivity index (χ3n) is 5.09. The third kappa shape index (κ3) is 3.70. The summed E-state index contributed by atoms with van der Waals surface area (Å²) in [6, 6.07) is 3.96. The predicted octanol–water partition coefficient (Wildman–Crippen LogP) is 0.949. The first kappa shape index (κ1) is 17.0. The van der Waals surface area contributed by atoms with Crippen LogP contribution in [0.4, 0.5) is 5.82 Å². The molecule has 1 aliphatic carbocycles. The summed E-state index contributed by atoms with van der Waals surface area (Å²) in [6.07, 6.45) is 4.07. The zero-order valence-electron chi connectivity index (χ0n) is 14.8. The molecular weight excluding hydrogens is 334 g/mol. The Hall–Kier alpha value is -2.48. The first-order valence-corrected chi connectivity index (χ1v) is 9.03. The van der Waals surface area contributed by atoms with E-state index in [1.807, 2.05) is 13.0 Å². The highest BCUT2D eigenvalue weighted by Crippen LogP contribution is 2.36. The second kappa shape index (κ2) is 7.03. The molecule has 3 heterocycles. The Morgan fingerprint density at radius 2 is 2.23 bits per heavy atom. The minimum atomic E-state index is -0.273. The topological polar surface area (TPSA) is 104 Å². The summed E-state index contributed by atoms with van der Waals surface area (Å²) in [5, 5.41) is 16.5. The molecule has 2 N–H and O–H groups in total. The molecule has 26 heavy (non-hydrogen) atoms. The molecule has 2 aromatic rings. The van der Waals surface area contributed by atoms with Crippen LogP contribution in [0.25, 0.3) is 0 Å². The number of nitrogens with zero attached hydrogens (tertiary/aromatic N) is 4. The number of anilines is 1. The molecule has 0 aromatic carbocycles. The largest absolute Gasteiger partial charge is 0.391 e. The highest BCUT2D eigenvalue weighted by atomic mass is 16.5. The molecule has 1 atom stereocenters. The lowest BCUT2D eigenvalue weighted by molar-refractivity contribution is -0.122. The molecule has 1 saturated carbocycles. The smallest absolute Gasteiger partial charge is 0.227 e. The summed E-state index contributed by atoms with van der Waals surface area (Å²) in [6.45, 7) is 3.28. The van der Waals surface area contributed by atoms with E-state index in [1.165, 1.54) is 0 Å². The number of aromatic nitrogens is 3. The van der Waals surface area contributed by atoms with Gasteiger partial charge in [0.05, 0.1) is 18.2 Å². The van der Waals surface area contributed by atoms with Crippen molar-refractivity contribution in [2.24, 2.45) is 0 Å². The first-order valence-electron chi connectivity index (χ1n) is 9.03. The Morgan fingerprint density at radius 3 is 2.92 bits per heavy atom. The van der Waals surface area contributed by atoms with Crippen LogP contribution in [-0.4, -0.2) is 51.4 Å². The lowest BCUT2D eigenvalue weighted by Crippen LogP contribution is -2.44. The fourth-order valence-electron chi connectivity index (χ4n) is 3.62. The Balaban J connectivity index is 1.28. The quantitative estimate of drug-likeness (QED) is 0.821. The number of hydrogen-bond donors (Lipinski definition) is 2. The summed E-state index contributed by atoms with van der Waals surface area (Å²) >= 11 is 0. The van der Waals surface area contributed by atoms with Crippen LogP contribution in [0.5, 0.6) is 0 Å². The van der Waals surface area contributed by atoms with Crippen molar-refractivity contribution in [3.8, 4) is 0 Å². The summed E-state index contributed by atoms with van der Waals surface area (Å²) < 4.78 is 5.08. The molecular formula is C18H23N5O3. The number of carbonyl (C=O) groups excluding carboxylic acids is 1. The van der Waals surface area contributed by atoms with Gasteiger partial charge in [-0.3, -0.25) is 4.79 Å². The molecule has 0 bridgehead atoms. The van der Waals surface area contributed by atoms with Crippen molar-refractivity contribution in [3.63, 3.8) is 0 Å². The SMILES string of the molecule is Cc1cc(CC(=O)NC2CC(c3cc(N4CC[C@H](O)C4)ncn3)C2)on1. The second-order valence-corrected chi connectivity index (χ2v) is 7.23. The van der Waals surface area contributed by atoms with Gasteiger partial charge in [0.15, 0.2) is 0 Å². The predicted molar refractivity (Wildman–Crippen MR) is 93.7 cm³/mol.